The van der Waals surface area contributed by atoms with Crippen molar-refractivity contribution in [3.8, 4) is 0 Å². The van der Waals surface area contributed by atoms with E-state index in [0.29, 0.717) is 19.3 Å². The van der Waals surface area contributed by atoms with E-state index in [0.717, 1.165) is 122 Å². The predicted molar refractivity (Wildman–Crippen MR) is 311 cm³/mol. The Morgan fingerprint density at radius 1 is 0.292 bits per heavy atom. The van der Waals surface area contributed by atoms with Crippen molar-refractivity contribution >= 4 is 17.9 Å². The quantitative estimate of drug-likeness (QED) is 0.0261. The molecule has 0 aliphatic heterocycles. The van der Waals surface area contributed by atoms with Gasteiger partial charge in [0.15, 0.2) is 6.10 Å². The first-order valence-corrected chi connectivity index (χ1v) is 30.2. The average Bonchev–Trinajstić information content (AvgIpc) is 3.38. The first kappa shape index (κ1) is 68.3. The molecule has 0 radical (unpaired) electrons. The van der Waals surface area contributed by atoms with Crippen molar-refractivity contribution in [2.45, 2.75) is 290 Å². The van der Waals surface area contributed by atoms with Crippen molar-refractivity contribution in [3.63, 3.8) is 0 Å². The van der Waals surface area contributed by atoms with E-state index < -0.39 is 6.10 Å². The van der Waals surface area contributed by atoms with Crippen molar-refractivity contribution in [3.05, 3.63) is 97.2 Å². The fraction of sp³-hybridized carbons (Fsp3) is 0.712. The van der Waals surface area contributed by atoms with E-state index >= 15 is 0 Å². The van der Waals surface area contributed by atoms with Crippen LogP contribution < -0.4 is 0 Å². The molecule has 0 saturated carbocycles. The molecule has 0 heterocycles. The van der Waals surface area contributed by atoms with Crippen LogP contribution in [0.5, 0.6) is 0 Å². The van der Waals surface area contributed by atoms with Crippen molar-refractivity contribution in [2.75, 3.05) is 13.2 Å². The molecule has 0 aliphatic rings. The van der Waals surface area contributed by atoms with Gasteiger partial charge in [0.2, 0.25) is 0 Å². The van der Waals surface area contributed by atoms with E-state index in [1.807, 2.05) is 0 Å². The smallest absolute Gasteiger partial charge is 0.306 e. The fourth-order valence-electron chi connectivity index (χ4n) is 8.29. The van der Waals surface area contributed by atoms with Crippen molar-refractivity contribution in [2.24, 2.45) is 0 Å². The number of unbranched alkanes of at least 4 members (excludes halogenated alkanes) is 27. The second-order valence-electron chi connectivity index (χ2n) is 19.9. The topological polar surface area (TPSA) is 78.9 Å². The number of hydrogen-bond acceptors (Lipinski definition) is 6. The minimum absolute atomic E-state index is 0.0806. The summed E-state index contributed by atoms with van der Waals surface area (Å²) in [6.07, 6.45) is 80.1. The third-order valence-electron chi connectivity index (χ3n) is 12.8. The zero-order valence-corrected chi connectivity index (χ0v) is 47.2. The Morgan fingerprint density at radius 2 is 0.556 bits per heavy atom. The summed E-state index contributed by atoms with van der Waals surface area (Å²) in [6.45, 7) is 6.44. The van der Waals surface area contributed by atoms with E-state index in [1.54, 1.807) is 0 Å². The molecule has 0 saturated heterocycles. The van der Waals surface area contributed by atoms with Crippen molar-refractivity contribution < 1.29 is 28.6 Å². The predicted octanol–water partition coefficient (Wildman–Crippen LogP) is 20.5. The SMILES string of the molecule is CC/C=C\C/C=C\C/C=C\C/C=C\C/C=C\C/C=C\CCCCCCCCCCCCCCCCC(=O)OCC(COC(=O)CCCCCCCCC)OC(=O)CCCCCCC/C=C\C/C=C\CCCC. The Labute approximate surface area is 445 Å². The van der Waals surface area contributed by atoms with Gasteiger partial charge in [-0.2, -0.15) is 0 Å². The highest BCUT2D eigenvalue weighted by Gasteiger charge is 2.19. The van der Waals surface area contributed by atoms with Gasteiger partial charge >= 0.3 is 17.9 Å². The van der Waals surface area contributed by atoms with Gasteiger partial charge in [0.05, 0.1) is 0 Å². The average molecular weight is 1000 g/mol. The normalized spacial score (nSPS) is 12.8. The second-order valence-corrected chi connectivity index (χ2v) is 19.9. The highest BCUT2D eigenvalue weighted by Crippen LogP contribution is 2.16. The summed E-state index contributed by atoms with van der Waals surface area (Å²) in [5, 5.41) is 0. The highest BCUT2D eigenvalue weighted by atomic mass is 16.6. The van der Waals surface area contributed by atoms with Crippen LogP contribution in [-0.4, -0.2) is 37.2 Å². The number of carbonyl (C=O) groups is 3. The lowest BCUT2D eigenvalue weighted by Crippen LogP contribution is -2.30. The Bertz CT molecular complexity index is 1430. The van der Waals surface area contributed by atoms with E-state index in [-0.39, 0.29) is 31.1 Å². The van der Waals surface area contributed by atoms with E-state index in [4.69, 9.17) is 14.2 Å². The van der Waals surface area contributed by atoms with Crippen LogP contribution in [0.1, 0.15) is 284 Å². The molecule has 412 valence electrons. The molecule has 0 aliphatic carbocycles. The zero-order valence-electron chi connectivity index (χ0n) is 47.2. The molecule has 0 aromatic carbocycles. The van der Waals surface area contributed by atoms with Crippen LogP contribution in [0.15, 0.2) is 97.2 Å². The van der Waals surface area contributed by atoms with Gasteiger partial charge in [-0.05, 0) is 96.3 Å². The molecule has 0 N–H and O–H groups in total. The Hall–Kier alpha value is -3.67. The van der Waals surface area contributed by atoms with Gasteiger partial charge in [-0.1, -0.05) is 266 Å². The minimum Gasteiger partial charge on any atom is -0.462 e. The van der Waals surface area contributed by atoms with E-state index in [9.17, 15) is 14.4 Å². The maximum absolute atomic E-state index is 12.8. The molecule has 1 atom stereocenters. The zero-order chi connectivity index (χ0) is 52.2. The van der Waals surface area contributed by atoms with Crippen LogP contribution in [-0.2, 0) is 28.6 Å². The van der Waals surface area contributed by atoms with Crippen LogP contribution in [0.3, 0.4) is 0 Å². The summed E-state index contributed by atoms with van der Waals surface area (Å²) in [7, 11) is 0. The maximum atomic E-state index is 12.8. The largest absolute Gasteiger partial charge is 0.462 e. The van der Waals surface area contributed by atoms with Gasteiger partial charge in [0, 0.05) is 19.3 Å². The first-order chi connectivity index (χ1) is 35.5. The molecule has 0 aromatic rings. The number of ether oxygens (including phenoxy) is 3. The molecule has 0 spiro atoms. The third-order valence-corrected chi connectivity index (χ3v) is 12.8. The Morgan fingerprint density at radius 3 is 0.889 bits per heavy atom. The monoisotopic (exact) mass is 1000 g/mol. The van der Waals surface area contributed by atoms with Crippen LogP contribution in [0.2, 0.25) is 0 Å². The van der Waals surface area contributed by atoms with Gasteiger partial charge < -0.3 is 14.2 Å². The number of allylic oxidation sites excluding steroid dienone is 16. The fourth-order valence-corrected chi connectivity index (χ4v) is 8.29. The lowest BCUT2D eigenvalue weighted by atomic mass is 10.0. The molecular weight excluding hydrogens is 889 g/mol. The van der Waals surface area contributed by atoms with E-state index in [2.05, 4.69) is 118 Å². The summed E-state index contributed by atoms with van der Waals surface area (Å²) in [4.78, 5) is 37.9. The molecule has 0 aromatic heterocycles. The molecule has 6 heteroatoms. The minimum atomic E-state index is -0.780. The molecule has 0 fully saturated rings. The summed E-state index contributed by atoms with van der Waals surface area (Å²) in [5.74, 6) is -0.897. The van der Waals surface area contributed by atoms with E-state index in [1.165, 1.54) is 122 Å². The third kappa shape index (κ3) is 57.2. The molecule has 72 heavy (non-hydrogen) atoms. The van der Waals surface area contributed by atoms with Gasteiger partial charge in [-0.25, -0.2) is 0 Å². The van der Waals surface area contributed by atoms with Crippen LogP contribution >= 0.6 is 0 Å². The van der Waals surface area contributed by atoms with Crippen molar-refractivity contribution in [1.29, 1.82) is 0 Å². The summed E-state index contributed by atoms with van der Waals surface area (Å²) in [6, 6.07) is 0. The number of carbonyl (C=O) groups excluding carboxylic acids is 3. The molecule has 0 bridgehead atoms. The first-order valence-electron chi connectivity index (χ1n) is 30.2. The van der Waals surface area contributed by atoms with Crippen molar-refractivity contribution in [1.82, 2.24) is 0 Å². The maximum Gasteiger partial charge on any atom is 0.306 e. The molecule has 1 unspecified atom stereocenters. The van der Waals surface area contributed by atoms with Gasteiger partial charge in [-0.3, -0.25) is 14.4 Å². The molecule has 0 amide bonds. The summed E-state index contributed by atoms with van der Waals surface area (Å²) < 4.78 is 16.8. The lowest BCUT2D eigenvalue weighted by Gasteiger charge is -2.18. The number of rotatable bonds is 54. The van der Waals surface area contributed by atoms with Crippen LogP contribution in [0, 0.1) is 0 Å². The Balaban J connectivity index is 4.05. The van der Waals surface area contributed by atoms with Gasteiger partial charge in [-0.15, -0.1) is 0 Å². The van der Waals surface area contributed by atoms with Gasteiger partial charge in [0.1, 0.15) is 13.2 Å². The number of hydrogen-bond donors (Lipinski definition) is 0. The molecule has 6 nitrogen and oxygen atoms in total. The second kappa shape index (κ2) is 59.9. The van der Waals surface area contributed by atoms with Gasteiger partial charge in [0.25, 0.3) is 0 Å². The lowest BCUT2D eigenvalue weighted by molar-refractivity contribution is -0.167. The highest BCUT2D eigenvalue weighted by molar-refractivity contribution is 5.71. The Kier molecular flexibility index (Phi) is 56.8. The summed E-state index contributed by atoms with van der Waals surface area (Å²) in [5.41, 5.74) is 0. The summed E-state index contributed by atoms with van der Waals surface area (Å²) >= 11 is 0. The molecule has 0 rings (SSSR count). The van der Waals surface area contributed by atoms with Crippen LogP contribution in [0.4, 0.5) is 0 Å². The number of esters is 3. The van der Waals surface area contributed by atoms with Crippen LogP contribution in [0.25, 0.3) is 0 Å². The molecular formula is C66H112O6. The standard InChI is InChI=1S/C66H112O6/c1-4-7-10-13-16-18-20-22-24-25-26-27-28-29-30-31-32-33-34-35-36-37-38-39-40-41-42-44-45-47-50-53-56-59-65(68)71-62-63(61-70-64(67)58-55-52-49-15-12-9-6-3)72-66(69)60-57-54-51-48-46-43-23-21-19-17-14-11-8-5-2/h7,10,14,16-18,21-24,26-27,29-30,32-33,63H,4-6,8-9,11-13,15,19-20,25,28,31,34-62H2,1-3H3/b10-7-,17-14-,18-16-,23-21-,24-22-,27-26-,30-29-,33-32-.